The monoisotopic (exact) mass is 444 g/mol. The molecule has 0 amide bonds. The number of thioether (sulfide) groups is 1. The zero-order chi connectivity index (χ0) is 19.6. The highest BCUT2D eigenvalue weighted by Crippen LogP contribution is 2.34. The van der Waals surface area contributed by atoms with E-state index in [0.717, 1.165) is 10.6 Å². The predicted octanol–water partition coefficient (Wildman–Crippen LogP) is 8.32. The zero-order valence-electron chi connectivity index (χ0n) is 15.3. The first-order valence-corrected chi connectivity index (χ1v) is 11.2. The Morgan fingerprint density at radius 1 is 0.889 bits per heavy atom. The lowest BCUT2D eigenvalue weighted by atomic mass is 10.1. The van der Waals surface area contributed by atoms with Gasteiger partial charge in [0.2, 0.25) is 0 Å². The molecule has 0 aliphatic heterocycles. The van der Waals surface area contributed by atoms with E-state index < -0.39 is 5.97 Å². The Morgan fingerprint density at radius 3 is 2.22 bits per heavy atom. The lowest BCUT2D eigenvalue weighted by Gasteiger charge is -2.08. The largest absolute Gasteiger partial charge is 0.421 e. The van der Waals surface area contributed by atoms with E-state index in [4.69, 9.17) is 39.5 Å². The van der Waals surface area contributed by atoms with Crippen LogP contribution in [-0.4, -0.2) is 11.7 Å². The number of carbonyl (C=O) groups excluding carboxylic acids is 1. The molecule has 0 unspecified atom stereocenters. The summed E-state index contributed by atoms with van der Waals surface area (Å²) in [6.07, 6.45) is 7.76. The molecule has 0 spiro atoms. The van der Waals surface area contributed by atoms with E-state index in [-0.39, 0.29) is 15.8 Å². The summed E-state index contributed by atoms with van der Waals surface area (Å²) in [4.78, 5) is 13.4. The van der Waals surface area contributed by atoms with Crippen LogP contribution in [0, 0.1) is 0 Å². The highest BCUT2D eigenvalue weighted by Gasteiger charge is 2.13. The molecule has 2 aromatic carbocycles. The number of hydrogen-bond donors (Lipinski definition) is 0. The van der Waals surface area contributed by atoms with E-state index >= 15 is 0 Å². The summed E-state index contributed by atoms with van der Waals surface area (Å²) in [6, 6.07) is 10.3. The number of rotatable bonds is 10. The molecule has 0 radical (unpaired) electrons. The molecule has 0 aromatic heterocycles. The van der Waals surface area contributed by atoms with Gasteiger partial charge in [0.05, 0.1) is 20.6 Å². The van der Waals surface area contributed by atoms with Gasteiger partial charge in [0.25, 0.3) is 0 Å². The van der Waals surface area contributed by atoms with Crippen molar-refractivity contribution >= 4 is 52.5 Å². The van der Waals surface area contributed by atoms with Crippen LogP contribution >= 0.6 is 46.6 Å². The third kappa shape index (κ3) is 7.57. The van der Waals surface area contributed by atoms with E-state index in [9.17, 15) is 4.79 Å². The number of benzene rings is 2. The first-order chi connectivity index (χ1) is 13.0. The molecule has 0 N–H and O–H groups in total. The molecule has 0 aliphatic rings. The van der Waals surface area contributed by atoms with Crippen LogP contribution in [0.15, 0.2) is 41.3 Å². The van der Waals surface area contributed by atoms with Crippen molar-refractivity contribution in [2.75, 3.05) is 5.75 Å². The van der Waals surface area contributed by atoms with Crippen molar-refractivity contribution in [1.82, 2.24) is 0 Å². The molecule has 0 heterocycles. The molecule has 0 aliphatic carbocycles. The molecule has 27 heavy (non-hydrogen) atoms. The van der Waals surface area contributed by atoms with E-state index in [1.807, 2.05) is 23.9 Å². The lowest BCUT2D eigenvalue weighted by molar-refractivity contribution is 0.0735. The number of hydrogen-bond acceptors (Lipinski definition) is 3. The van der Waals surface area contributed by atoms with Crippen LogP contribution in [0.25, 0.3) is 0 Å². The molecule has 0 fully saturated rings. The van der Waals surface area contributed by atoms with Crippen LogP contribution in [0.2, 0.25) is 15.1 Å². The Bertz CT molecular complexity index is 748. The molecular weight excluding hydrogens is 423 g/mol. The van der Waals surface area contributed by atoms with Crippen LogP contribution in [0.1, 0.15) is 55.8 Å². The quantitative estimate of drug-likeness (QED) is 0.121. The summed E-state index contributed by atoms with van der Waals surface area (Å²) in [5.41, 5.74) is 0.459. The molecular formula is C21H23Cl3O2S. The van der Waals surface area contributed by atoms with Gasteiger partial charge in [-0.1, -0.05) is 73.8 Å². The Hall–Kier alpha value is -0.870. The molecule has 2 aromatic rings. The maximum Gasteiger partial charge on any atom is 0.343 e. The van der Waals surface area contributed by atoms with Crippen molar-refractivity contribution in [3.63, 3.8) is 0 Å². The van der Waals surface area contributed by atoms with Gasteiger partial charge in [-0.15, -0.1) is 11.8 Å². The highest BCUT2D eigenvalue weighted by atomic mass is 35.5. The summed E-state index contributed by atoms with van der Waals surface area (Å²) in [5.74, 6) is 0.801. The molecule has 0 bridgehead atoms. The van der Waals surface area contributed by atoms with Gasteiger partial charge in [-0.25, -0.2) is 4.79 Å². The second kappa shape index (κ2) is 11.9. The SMILES string of the molecule is CCCCCCCCSc1ccc(C(=O)Oc2cc(Cl)c(Cl)cc2Cl)cc1. The van der Waals surface area contributed by atoms with E-state index in [2.05, 4.69) is 6.92 Å². The average molecular weight is 446 g/mol. The topological polar surface area (TPSA) is 26.3 Å². The highest BCUT2D eigenvalue weighted by molar-refractivity contribution is 7.99. The Balaban J connectivity index is 1.82. The van der Waals surface area contributed by atoms with Gasteiger partial charge in [0, 0.05) is 11.0 Å². The van der Waals surface area contributed by atoms with Gasteiger partial charge in [0.15, 0.2) is 5.75 Å². The number of esters is 1. The van der Waals surface area contributed by atoms with Gasteiger partial charge in [-0.3, -0.25) is 0 Å². The van der Waals surface area contributed by atoms with Gasteiger partial charge >= 0.3 is 5.97 Å². The second-order valence-electron chi connectivity index (χ2n) is 6.23. The summed E-state index contributed by atoms with van der Waals surface area (Å²) < 4.78 is 5.33. The maximum absolute atomic E-state index is 12.3. The van der Waals surface area contributed by atoms with Crippen molar-refractivity contribution in [2.24, 2.45) is 0 Å². The average Bonchev–Trinajstić information content (AvgIpc) is 2.66. The van der Waals surface area contributed by atoms with Crippen LogP contribution in [0.4, 0.5) is 0 Å². The normalized spacial score (nSPS) is 10.8. The maximum atomic E-state index is 12.3. The Labute approximate surface area is 180 Å². The Kier molecular flexibility index (Phi) is 9.84. The Morgan fingerprint density at radius 2 is 1.52 bits per heavy atom. The van der Waals surface area contributed by atoms with Crippen molar-refractivity contribution in [3.05, 3.63) is 57.0 Å². The fourth-order valence-electron chi connectivity index (χ4n) is 2.50. The summed E-state index contributed by atoms with van der Waals surface area (Å²) in [7, 11) is 0. The van der Waals surface area contributed by atoms with Gasteiger partial charge < -0.3 is 4.74 Å². The van der Waals surface area contributed by atoms with E-state index in [1.165, 1.54) is 50.7 Å². The molecule has 0 saturated carbocycles. The third-order valence-electron chi connectivity index (χ3n) is 4.03. The minimum atomic E-state index is -0.484. The second-order valence-corrected chi connectivity index (χ2v) is 8.62. The van der Waals surface area contributed by atoms with Crippen molar-refractivity contribution < 1.29 is 9.53 Å². The van der Waals surface area contributed by atoms with Crippen LogP contribution in [-0.2, 0) is 0 Å². The van der Waals surface area contributed by atoms with Gasteiger partial charge in [-0.05, 0) is 42.5 Å². The van der Waals surface area contributed by atoms with Crippen molar-refractivity contribution in [3.8, 4) is 5.75 Å². The zero-order valence-corrected chi connectivity index (χ0v) is 18.4. The fourth-order valence-corrected chi connectivity index (χ4v) is 3.99. The van der Waals surface area contributed by atoms with Crippen LogP contribution in [0.5, 0.6) is 5.75 Å². The number of carbonyl (C=O) groups is 1. The molecule has 0 saturated heterocycles. The van der Waals surface area contributed by atoms with Gasteiger partial charge in [-0.2, -0.15) is 0 Å². The molecule has 6 heteroatoms. The third-order valence-corrected chi connectivity index (χ3v) is 6.15. The molecule has 2 nitrogen and oxygen atoms in total. The van der Waals surface area contributed by atoms with Gasteiger partial charge in [0.1, 0.15) is 0 Å². The summed E-state index contributed by atoms with van der Waals surface area (Å²) in [6.45, 7) is 2.23. The first kappa shape index (κ1) is 22.4. The van der Waals surface area contributed by atoms with Crippen molar-refractivity contribution in [2.45, 2.75) is 50.3 Å². The summed E-state index contributed by atoms with van der Waals surface area (Å²) >= 11 is 19.7. The lowest BCUT2D eigenvalue weighted by Crippen LogP contribution is -2.08. The molecule has 2 rings (SSSR count). The van der Waals surface area contributed by atoms with E-state index in [0.29, 0.717) is 10.6 Å². The van der Waals surface area contributed by atoms with Crippen LogP contribution < -0.4 is 4.74 Å². The first-order valence-electron chi connectivity index (χ1n) is 9.11. The number of unbranched alkanes of at least 4 members (excludes halogenated alkanes) is 5. The smallest absolute Gasteiger partial charge is 0.343 e. The predicted molar refractivity (Wildman–Crippen MR) is 117 cm³/mol. The van der Waals surface area contributed by atoms with Crippen molar-refractivity contribution in [1.29, 1.82) is 0 Å². The minimum Gasteiger partial charge on any atom is -0.421 e. The summed E-state index contributed by atoms with van der Waals surface area (Å²) in [5, 5.41) is 0.836. The molecule has 0 atom stereocenters. The van der Waals surface area contributed by atoms with E-state index in [1.54, 1.807) is 12.1 Å². The van der Waals surface area contributed by atoms with Crippen LogP contribution in [0.3, 0.4) is 0 Å². The fraction of sp³-hybridized carbons (Fsp3) is 0.381. The number of halogens is 3. The standard InChI is InChI=1S/C21H23Cl3O2S/c1-2-3-4-5-6-7-12-27-16-10-8-15(9-11-16)21(25)26-20-14-18(23)17(22)13-19(20)24/h8-11,13-14H,2-7,12H2,1H3. The molecule has 146 valence electrons. The minimum absolute atomic E-state index is 0.192. The number of ether oxygens (including phenoxy) is 1.